The molecule has 0 unspecified atom stereocenters. The van der Waals surface area contributed by atoms with Crippen LogP contribution in [0.5, 0.6) is 11.5 Å². The van der Waals surface area contributed by atoms with Gasteiger partial charge in [-0.05, 0) is 24.6 Å². The molecule has 0 spiro atoms. The van der Waals surface area contributed by atoms with Gasteiger partial charge in [-0.3, -0.25) is 0 Å². The van der Waals surface area contributed by atoms with E-state index in [4.69, 9.17) is 21.1 Å². The molecule has 1 rings (SSSR count). The van der Waals surface area contributed by atoms with E-state index in [1.807, 2.05) is 0 Å². The van der Waals surface area contributed by atoms with E-state index in [1.165, 1.54) is 12.1 Å². The number of phenols is 2. The summed E-state index contributed by atoms with van der Waals surface area (Å²) >= 11 is 0. The molecule has 0 saturated carbocycles. The maximum atomic E-state index is 9.17. The fraction of sp³-hybridized carbons (Fsp3) is 0.333. The second-order valence-corrected chi connectivity index (χ2v) is 3.01. The van der Waals surface area contributed by atoms with Gasteiger partial charge in [0, 0.05) is 0 Å². The minimum atomic E-state index is -0.691. The molecule has 0 heterocycles. The summed E-state index contributed by atoms with van der Waals surface area (Å²) in [4.78, 5) is 0. The van der Waals surface area contributed by atoms with Crippen LogP contribution in [0.3, 0.4) is 0 Å². The largest absolute Gasteiger partial charge is 0.504 e. The number of aromatic hydroxyl groups is 2. The average Bonchev–Trinajstić information content (AvgIpc) is 2.08. The molecule has 0 saturated heterocycles. The molecule has 4 heteroatoms. The Morgan fingerprint density at radius 1 is 1.23 bits per heavy atom. The summed E-state index contributed by atoms with van der Waals surface area (Å²) in [6.45, 7) is 1.56. The minimum absolute atomic E-state index is 0.193. The van der Waals surface area contributed by atoms with Gasteiger partial charge in [0.15, 0.2) is 11.5 Å². The van der Waals surface area contributed by atoms with Crippen molar-refractivity contribution in [1.29, 1.82) is 0 Å². The lowest BCUT2D eigenvalue weighted by Crippen LogP contribution is -2.22. The van der Waals surface area contributed by atoms with Crippen LogP contribution in [-0.2, 0) is 0 Å². The average molecular weight is 183 g/mol. The molecule has 4 nitrogen and oxygen atoms in total. The Kier molecular flexibility index (Phi) is 2.75. The number of aliphatic hydroxyl groups excluding tert-OH is 1. The summed E-state index contributed by atoms with van der Waals surface area (Å²) in [5, 5.41) is 27.3. The number of aliphatic hydroxyl groups is 1. The highest BCUT2D eigenvalue weighted by molar-refractivity contribution is 5.41. The molecule has 1 aromatic carbocycles. The predicted molar refractivity (Wildman–Crippen MR) is 48.4 cm³/mol. The van der Waals surface area contributed by atoms with Crippen LogP contribution in [-0.4, -0.2) is 21.4 Å². The summed E-state index contributed by atoms with van der Waals surface area (Å²) in [5.74, 6) is -0.421. The second-order valence-electron chi connectivity index (χ2n) is 3.01. The van der Waals surface area contributed by atoms with Crippen LogP contribution < -0.4 is 5.73 Å². The van der Waals surface area contributed by atoms with E-state index in [-0.39, 0.29) is 11.5 Å². The van der Waals surface area contributed by atoms with Gasteiger partial charge in [0.1, 0.15) is 0 Å². The zero-order valence-electron chi connectivity index (χ0n) is 7.31. The van der Waals surface area contributed by atoms with Gasteiger partial charge < -0.3 is 21.1 Å². The molecule has 0 amide bonds. The van der Waals surface area contributed by atoms with Crippen molar-refractivity contribution >= 4 is 0 Å². The Bertz CT molecular complexity index is 299. The molecule has 72 valence electrons. The van der Waals surface area contributed by atoms with Crippen LogP contribution in [0, 0.1) is 0 Å². The van der Waals surface area contributed by atoms with Gasteiger partial charge in [-0.25, -0.2) is 0 Å². The zero-order valence-corrected chi connectivity index (χ0v) is 7.31. The van der Waals surface area contributed by atoms with Crippen LogP contribution in [0.2, 0.25) is 0 Å². The van der Waals surface area contributed by atoms with Gasteiger partial charge in [-0.1, -0.05) is 6.07 Å². The molecule has 0 aromatic heterocycles. The summed E-state index contributed by atoms with van der Waals surface area (Å²) in [5.41, 5.74) is 6.20. The first kappa shape index (κ1) is 9.83. The van der Waals surface area contributed by atoms with E-state index in [0.29, 0.717) is 5.56 Å². The molecule has 0 aliphatic heterocycles. The van der Waals surface area contributed by atoms with Crippen molar-refractivity contribution in [2.24, 2.45) is 5.73 Å². The van der Waals surface area contributed by atoms with Crippen LogP contribution in [0.15, 0.2) is 18.2 Å². The number of phenolic OH excluding ortho intramolecular Hbond substituents is 2. The Labute approximate surface area is 76.2 Å². The van der Waals surface area contributed by atoms with E-state index in [1.54, 1.807) is 13.0 Å². The first-order chi connectivity index (χ1) is 6.02. The van der Waals surface area contributed by atoms with Crippen LogP contribution in [0.4, 0.5) is 0 Å². The lowest BCUT2D eigenvalue weighted by Gasteiger charge is -2.15. The van der Waals surface area contributed by atoms with Crippen molar-refractivity contribution in [1.82, 2.24) is 0 Å². The normalized spacial score (nSPS) is 15.3. The fourth-order valence-electron chi connectivity index (χ4n) is 1.03. The van der Waals surface area contributed by atoms with Gasteiger partial charge >= 0.3 is 0 Å². The van der Waals surface area contributed by atoms with E-state index in [0.717, 1.165) is 0 Å². The third kappa shape index (κ3) is 2.11. The van der Waals surface area contributed by atoms with Gasteiger partial charge in [0.05, 0.1) is 12.1 Å². The molecule has 0 bridgehead atoms. The highest BCUT2D eigenvalue weighted by Gasteiger charge is 2.13. The molecular formula is C9H13NO3. The standard InChI is InChI=1S/C9H13NO3/c1-5(11)9(10)6-2-3-7(12)8(13)4-6/h2-5,9,11-13H,10H2,1H3/t5-,9+/m0/s1. The third-order valence-corrected chi connectivity index (χ3v) is 1.90. The highest BCUT2D eigenvalue weighted by atomic mass is 16.3. The minimum Gasteiger partial charge on any atom is -0.504 e. The van der Waals surface area contributed by atoms with Crippen molar-refractivity contribution in [3.8, 4) is 11.5 Å². The van der Waals surface area contributed by atoms with E-state index >= 15 is 0 Å². The molecule has 0 fully saturated rings. The summed E-state index contributed by atoms with van der Waals surface area (Å²) < 4.78 is 0. The maximum Gasteiger partial charge on any atom is 0.157 e. The smallest absolute Gasteiger partial charge is 0.157 e. The SMILES string of the molecule is C[C@H](O)[C@@H](N)c1ccc(O)c(O)c1. The van der Waals surface area contributed by atoms with Crippen LogP contribution in [0.25, 0.3) is 0 Å². The van der Waals surface area contributed by atoms with Crippen LogP contribution >= 0.6 is 0 Å². The Balaban J connectivity index is 2.97. The number of hydrogen-bond acceptors (Lipinski definition) is 4. The Morgan fingerprint density at radius 3 is 2.31 bits per heavy atom. The lowest BCUT2D eigenvalue weighted by molar-refractivity contribution is 0.164. The highest BCUT2D eigenvalue weighted by Crippen LogP contribution is 2.27. The van der Waals surface area contributed by atoms with Crippen molar-refractivity contribution < 1.29 is 15.3 Å². The summed E-state index contributed by atoms with van der Waals surface area (Å²) in [6.07, 6.45) is -0.691. The van der Waals surface area contributed by atoms with E-state index in [2.05, 4.69) is 0 Å². The molecule has 13 heavy (non-hydrogen) atoms. The molecule has 5 N–H and O–H groups in total. The summed E-state index contributed by atoms with van der Waals surface area (Å²) in [7, 11) is 0. The predicted octanol–water partition coefficient (Wildman–Crippen LogP) is 0.478. The first-order valence-electron chi connectivity index (χ1n) is 3.98. The molecular weight excluding hydrogens is 170 g/mol. The number of nitrogens with two attached hydrogens (primary N) is 1. The van der Waals surface area contributed by atoms with Gasteiger partial charge in [-0.2, -0.15) is 0 Å². The zero-order chi connectivity index (χ0) is 10.0. The third-order valence-electron chi connectivity index (χ3n) is 1.90. The lowest BCUT2D eigenvalue weighted by atomic mass is 10.0. The fourth-order valence-corrected chi connectivity index (χ4v) is 1.03. The molecule has 0 aliphatic carbocycles. The molecule has 2 atom stereocenters. The van der Waals surface area contributed by atoms with Gasteiger partial charge in [0.2, 0.25) is 0 Å². The topological polar surface area (TPSA) is 86.7 Å². The van der Waals surface area contributed by atoms with Crippen molar-refractivity contribution in [2.45, 2.75) is 19.1 Å². The first-order valence-corrected chi connectivity index (χ1v) is 3.98. The maximum absolute atomic E-state index is 9.17. The number of benzene rings is 1. The Morgan fingerprint density at radius 2 is 1.85 bits per heavy atom. The van der Waals surface area contributed by atoms with Crippen molar-refractivity contribution in [2.75, 3.05) is 0 Å². The van der Waals surface area contributed by atoms with Crippen molar-refractivity contribution in [3.63, 3.8) is 0 Å². The van der Waals surface area contributed by atoms with Gasteiger partial charge in [0.25, 0.3) is 0 Å². The monoisotopic (exact) mass is 183 g/mol. The van der Waals surface area contributed by atoms with E-state index in [9.17, 15) is 0 Å². The van der Waals surface area contributed by atoms with Crippen LogP contribution in [0.1, 0.15) is 18.5 Å². The van der Waals surface area contributed by atoms with Crippen molar-refractivity contribution in [3.05, 3.63) is 23.8 Å². The number of hydrogen-bond donors (Lipinski definition) is 4. The Hall–Kier alpha value is -1.26. The molecule has 1 aromatic rings. The quantitative estimate of drug-likeness (QED) is 0.502. The number of rotatable bonds is 2. The second kappa shape index (κ2) is 3.64. The van der Waals surface area contributed by atoms with Gasteiger partial charge in [-0.15, -0.1) is 0 Å². The van der Waals surface area contributed by atoms with E-state index < -0.39 is 12.1 Å². The molecule has 0 aliphatic rings. The molecule has 0 radical (unpaired) electrons. The summed E-state index contributed by atoms with van der Waals surface area (Å²) in [6, 6.07) is 3.69.